The Balaban J connectivity index is 1.96. The smallest absolute Gasteiger partial charge is 0.408 e. The Kier molecular flexibility index (Phi) is 5.96. The van der Waals surface area contributed by atoms with Crippen molar-refractivity contribution >= 4 is 29.3 Å². The van der Waals surface area contributed by atoms with Crippen molar-refractivity contribution in [2.75, 3.05) is 17.6 Å². The van der Waals surface area contributed by atoms with E-state index in [0.717, 1.165) is 5.56 Å². The van der Waals surface area contributed by atoms with Crippen molar-refractivity contribution in [1.82, 2.24) is 4.90 Å². The van der Waals surface area contributed by atoms with Crippen molar-refractivity contribution in [3.63, 3.8) is 0 Å². The topological polar surface area (TPSA) is 139 Å². The number of anilines is 2. The molecular weight excluding hydrogens is 384 g/mol. The molecule has 0 spiro atoms. The molecule has 3 rings (SSSR count). The first-order valence-electron chi connectivity index (χ1n) is 9.79. The van der Waals surface area contributed by atoms with Crippen LogP contribution in [0.25, 0.3) is 0 Å². The van der Waals surface area contributed by atoms with Gasteiger partial charge < -0.3 is 21.9 Å². The molecule has 0 bridgehead atoms. The van der Waals surface area contributed by atoms with Crippen molar-refractivity contribution in [3.8, 4) is 0 Å². The number of carboxylic acid groups (broad SMARTS) is 1. The van der Waals surface area contributed by atoms with Gasteiger partial charge in [0.05, 0.1) is 16.9 Å². The number of primary amides is 1. The van der Waals surface area contributed by atoms with Gasteiger partial charge in [-0.1, -0.05) is 36.4 Å². The molecular formula is C22H26N4O4. The average molecular weight is 410 g/mol. The van der Waals surface area contributed by atoms with E-state index in [2.05, 4.69) is 5.32 Å². The third-order valence-corrected chi connectivity index (χ3v) is 5.93. The monoisotopic (exact) mass is 410 g/mol. The first-order valence-corrected chi connectivity index (χ1v) is 9.79. The number of nitrogens with two attached hydrogens (primary N) is 2. The second-order valence-electron chi connectivity index (χ2n) is 7.70. The number of benzene rings is 2. The lowest BCUT2D eigenvalue weighted by Gasteiger charge is -2.47. The van der Waals surface area contributed by atoms with Gasteiger partial charge in [0.2, 0.25) is 0 Å². The first-order chi connectivity index (χ1) is 14.2. The SMILES string of the molecule is CC1(C(=O)Nc2cccc(C(N)=O)c2N)C(Cc2ccccc2)CCCN1C(=O)O. The van der Waals surface area contributed by atoms with Crippen LogP contribution in [0.2, 0.25) is 0 Å². The average Bonchev–Trinajstić information content (AvgIpc) is 2.71. The number of nitrogen functional groups attached to an aromatic ring is 1. The van der Waals surface area contributed by atoms with Gasteiger partial charge in [0.25, 0.3) is 11.8 Å². The summed E-state index contributed by atoms with van der Waals surface area (Å²) in [7, 11) is 0. The summed E-state index contributed by atoms with van der Waals surface area (Å²) in [6.07, 6.45) is 0.792. The summed E-state index contributed by atoms with van der Waals surface area (Å²) in [5.41, 5.74) is 11.4. The molecule has 2 unspecified atom stereocenters. The molecule has 8 heteroatoms. The summed E-state index contributed by atoms with van der Waals surface area (Å²) in [5, 5.41) is 12.5. The van der Waals surface area contributed by atoms with E-state index in [-0.39, 0.29) is 29.4 Å². The van der Waals surface area contributed by atoms with Crippen LogP contribution in [0.4, 0.5) is 16.2 Å². The standard InChI is InChI=1S/C22H26N4O4/c1-22(20(28)25-17-11-5-10-16(18(17)23)19(24)27)15(9-6-12-26(22)21(29)30)13-14-7-3-2-4-8-14/h2-5,7-8,10-11,15H,6,9,12-13,23H2,1H3,(H2,24,27)(H,25,28)(H,29,30). The van der Waals surface area contributed by atoms with Crippen molar-refractivity contribution in [2.45, 2.75) is 31.7 Å². The molecule has 8 nitrogen and oxygen atoms in total. The highest BCUT2D eigenvalue weighted by molar-refractivity contribution is 6.06. The molecule has 0 saturated carbocycles. The van der Waals surface area contributed by atoms with Gasteiger partial charge in [-0.05, 0) is 49.8 Å². The van der Waals surface area contributed by atoms with E-state index in [4.69, 9.17) is 11.5 Å². The second kappa shape index (κ2) is 8.44. The fourth-order valence-corrected chi connectivity index (χ4v) is 4.17. The van der Waals surface area contributed by atoms with Crippen molar-refractivity contribution in [1.29, 1.82) is 0 Å². The Bertz CT molecular complexity index is 963. The normalized spacial score (nSPS) is 21.1. The number of likely N-dealkylation sites (tertiary alicyclic amines) is 1. The van der Waals surface area contributed by atoms with Crippen molar-refractivity contribution in [2.24, 2.45) is 11.7 Å². The number of para-hydroxylation sites is 1. The zero-order valence-corrected chi connectivity index (χ0v) is 16.8. The minimum atomic E-state index is -1.31. The third kappa shape index (κ3) is 3.94. The van der Waals surface area contributed by atoms with Crippen LogP contribution >= 0.6 is 0 Å². The van der Waals surface area contributed by atoms with E-state index in [1.165, 1.54) is 11.0 Å². The maximum atomic E-state index is 13.5. The lowest BCUT2D eigenvalue weighted by atomic mass is 9.74. The lowest BCUT2D eigenvalue weighted by molar-refractivity contribution is -0.131. The summed E-state index contributed by atoms with van der Waals surface area (Å²) in [6.45, 7) is 1.92. The summed E-state index contributed by atoms with van der Waals surface area (Å²) in [4.78, 5) is 38.2. The Morgan fingerprint density at radius 2 is 1.87 bits per heavy atom. The maximum absolute atomic E-state index is 13.5. The van der Waals surface area contributed by atoms with Gasteiger partial charge in [-0.2, -0.15) is 0 Å². The quantitative estimate of drug-likeness (QED) is 0.561. The fraction of sp³-hybridized carbons (Fsp3) is 0.318. The molecule has 2 atom stereocenters. The molecule has 2 aromatic rings. The minimum Gasteiger partial charge on any atom is -0.465 e. The number of amides is 3. The molecule has 1 aliphatic heterocycles. The van der Waals surface area contributed by atoms with Gasteiger partial charge in [-0.3, -0.25) is 14.5 Å². The van der Waals surface area contributed by atoms with E-state index in [0.29, 0.717) is 19.3 Å². The van der Waals surface area contributed by atoms with Crippen LogP contribution in [0.1, 0.15) is 35.7 Å². The largest absolute Gasteiger partial charge is 0.465 e. The Hall–Kier alpha value is -3.55. The molecule has 6 N–H and O–H groups in total. The van der Waals surface area contributed by atoms with Crippen LogP contribution in [0.5, 0.6) is 0 Å². The summed E-state index contributed by atoms with van der Waals surface area (Å²) >= 11 is 0. The number of nitrogens with one attached hydrogen (secondary N) is 1. The van der Waals surface area contributed by atoms with Crippen LogP contribution < -0.4 is 16.8 Å². The molecule has 1 aliphatic rings. The number of rotatable bonds is 5. The number of piperidine rings is 1. The molecule has 2 aromatic carbocycles. The van der Waals surface area contributed by atoms with Crippen LogP contribution in [0.3, 0.4) is 0 Å². The van der Waals surface area contributed by atoms with E-state index < -0.39 is 23.4 Å². The number of carbonyl (C=O) groups excluding carboxylic acids is 2. The molecule has 0 radical (unpaired) electrons. The van der Waals surface area contributed by atoms with Crippen LogP contribution in [-0.4, -0.2) is 40.0 Å². The van der Waals surface area contributed by atoms with Gasteiger partial charge in [-0.15, -0.1) is 0 Å². The van der Waals surface area contributed by atoms with Crippen molar-refractivity contribution < 1.29 is 19.5 Å². The van der Waals surface area contributed by atoms with E-state index in [9.17, 15) is 19.5 Å². The van der Waals surface area contributed by atoms with Gasteiger partial charge in [0.1, 0.15) is 5.54 Å². The minimum absolute atomic E-state index is 0.0549. The van der Waals surface area contributed by atoms with Gasteiger partial charge in [-0.25, -0.2) is 4.79 Å². The third-order valence-electron chi connectivity index (χ3n) is 5.93. The van der Waals surface area contributed by atoms with Gasteiger partial charge in [0, 0.05) is 6.54 Å². The van der Waals surface area contributed by atoms with Gasteiger partial charge >= 0.3 is 6.09 Å². The predicted octanol–water partition coefficient (Wildman–Crippen LogP) is 2.70. The Labute approximate surface area is 174 Å². The molecule has 158 valence electrons. The first kappa shape index (κ1) is 21.2. The molecule has 0 aliphatic carbocycles. The maximum Gasteiger partial charge on any atom is 0.408 e. The zero-order chi connectivity index (χ0) is 21.9. The predicted molar refractivity (Wildman–Crippen MR) is 114 cm³/mol. The van der Waals surface area contributed by atoms with Crippen molar-refractivity contribution in [3.05, 3.63) is 59.7 Å². The molecule has 1 saturated heterocycles. The number of hydrogen-bond acceptors (Lipinski definition) is 4. The number of carbonyl (C=O) groups is 3. The summed E-state index contributed by atoms with van der Waals surface area (Å²) in [6, 6.07) is 14.3. The van der Waals surface area contributed by atoms with Crippen LogP contribution in [0.15, 0.2) is 48.5 Å². The highest BCUT2D eigenvalue weighted by atomic mass is 16.4. The Morgan fingerprint density at radius 3 is 2.50 bits per heavy atom. The molecule has 1 fully saturated rings. The molecule has 0 aromatic heterocycles. The second-order valence-corrected chi connectivity index (χ2v) is 7.70. The lowest BCUT2D eigenvalue weighted by Crippen LogP contribution is -2.64. The van der Waals surface area contributed by atoms with E-state index in [1.54, 1.807) is 19.1 Å². The Morgan fingerprint density at radius 1 is 1.17 bits per heavy atom. The highest BCUT2D eigenvalue weighted by Crippen LogP contribution is 2.38. The van der Waals surface area contributed by atoms with E-state index >= 15 is 0 Å². The number of nitrogens with zero attached hydrogens (tertiary/aromatic N) is 1. The molecule has 3 amide bonds. The van der Waals surface area contributed by atoms with E-state index in [1.807, 2.05) is 30.3 Å². The molecule has 30 heavy (non-hydrogen) atoms. The fourth-order valence-electron chi connectivity index (χ4n) is 4.17. The highest BCUT2D eigenvalue weighted by Gasteiger charge is 2.50. The zero-order valence-electron chi connectivity index (χ0n) is 16.8. The summed E-state index contributed by atoms with van der Waals surface area (Å²) < 4.78 is 0. The molecule has 1 heterocycles. The van der Waals surface area contributed by atoms with Crippen LogP contribution in [-0.2, 0) is 11.2 Å². The van der Waals surface area contributed by atoms with Crippen LogP contribution in [0, 0.1) is 5.92 Å². The number of hydrogen-bond donors (Lipinski definition) is 4. The summed E-state index contributed by atoms with van der Waals surface area (Å²) in [5.74, 6) is -1.43. The van der Waals surface area contributed by atoms with Gasteiger partial charge in [0.15, 0.2) is 0 Å².